The van der Waals surface area contributed by atoms with Gasteiger partial charge in [0.25, 0.3) is 5.69 Å². The summed E-state index contributed by atoms with van der Waals surface area (Å²) < 4.78 is 5.31. The predicted molar refractivity (Wildman–Crippen MR) is 81.7 cm³/mol. The standard InChI is InChI=1S/C16H12N2O4/c1-10(19)22-16-13-8-7-12(18(20)21)9-14(13)17-15(16)11-5-3-2-4-6-11/h2-9,17H,1H3. The molecule has 1 heterocycles. The molecule has 0 bridgehead atoms. The summed E-state index contributed by atoms with van der Waals surface area (Å²) in [6.45, 7) is 1.32. The molecule has 6 heteroatoms. The highest BCUT2D eigenvalue weighted by molar-refractivity contribution is 5.97. The number of carbonyl (C=O) groups excluding carboxylic acids is 1. The first-order valence-electron chi connectivity index (χ1n) is 6.60. The SMILES string of the molecule is CC(=O)Oc1c(-c2ccccc2)[nH]c2cc([N+](=O)[O-])ccc12. The highest BCUT2D eigenvalue weighted by Crippen LogP contribution is 2.38. The molecular weight excluding hydrogens is 284 g/mol. The third kappa shape index (κ3) is 2.42. The number of rotatable bonds is 3. The van der Waals surface area contributed by atoms with Crippen LogP contribution in [0.25, 0.3) is 22.2 Å². The van der Waals surface area contributed by atoms with E-state index >= 15 is 0 Å². The molecule has 0 radical (unpaired) electrons. The second kappa shape index (κ2) is 5.33. The zero-order chi connectivity index (χ0) is 15.7. The summed E-state index contributed by atoms with van der Waals surface area (Å²) >= 11 is 0. The second-order valence-electron chi connectivity index (χ2n) is 4.78. The predicted octanol–water partition coefficient (Wildman–Crippen LogP) is 3.67. The van der Waals surface area contributed by atoms with Gasteiger partial charge in [0.2, 0.25) is 0 Å². The Balaban J connectivity index is 2.25. The normalized spacial score (nSPS) is 10.6. The average Bonchev–Trinajstić information content (AvgIpc) is 2.85. The lowest BCUT2D eigenvalue weighted by molar-refractivity contribution is -0.384. The second-order valence-corrected chi connectivity index (χ2v) is 4.78. The zero-order valence-corrected chi connectivity index (χ0v) is 11.7. The molecule has 2 aromatic carbocycles. The number of ether oxygens (including phenoxy) is 1. The molecule has 0 amide bonds. The largest absolute Gasteiger partial charge is 0.424 e. The summed E-state index contributed by atoms with van der Waals surface area (Å²) in [7, 11) is 0. The number of aromatic nitrogens is 1. The van der Waals surface area contributed by atoms with Crippen LogP contribution in [0.4, 0.5) is 5.69 Å². The lowest BCUT2D eigenvalue weighted by Gasteiger charge is -2.04. The molecule has 0 atom stereocenters. The number of nitro benzene ring substituents is 1. The van der Waals surface area contributed by atoms with Crippen LogP contribution in [0.15, 0.2) is 48.5 Å². The van der Waals surface area contributed by atoms with E-state index in [1.807, 2.05) is 30.3 Å². The van der Waals surface area contributed by atoms with Gasteiger partial charge in [-0.15, -0.1) is 0 Å². The highest BCUT2D eigenvalue weighted by atomic mass is 16.6. The van der Waals surface area contributed by atoms with Crippen LogP contribution in [0.2, 0.25) is 0 Å². The summed E-state index contributed by atoms with van der Waals surface area (Å²) in [5.74, 6) is -0.0694. The van der Waals surface area contributed by atoms with Crippen molar-refractivity contribution in [3.63, 3.8) is 0 Å². The van der Waals surface area contributed by atoms with E-state index < -0.39 is 10.9 Å². The minimum Gasteiger partial charge on any atom is -0.424 e. The van der Waals surface area contributed by atoms with E-state index in [1.165, 1.54) is 19.1 Å². The van der Waals surface area contributed by atoms with Crippen LogP contribution in [-0.4, -0.2) is 15.9 Å². The highest BCUT2D eigenvalue weighted by Gasteiger charge is 2.18. The Morgan fingerprint density at radius 1 is 1.18 bits per heavy atom. The molecule has 0 saturated carbocycles. The number of nitrogens with one attached hydrogen (secondary N) is 1. The summed E-state index contributed by atoms with van der Waals surface area (Å²) in [5, 5.41) is 11.5. The van der Waals surface area contributed by atoms with E-state index in [-0.39, 0.29) is 5.69 Å². The van der Waals surface area contributed by atoms with Crippen LogP contribution in [-0.2, 0) is 4.79 Å². The number of esters is 1. The Labute approximate surface area is 125 Å². The molecule has 0 saturated heterocycles. The minimum absolute atomic E-state index is 0.0252. The number of aromatic amines is 1. The van der Waals surface area contributed by atoms with Crippen molar-refractivity contribution in [2.45, 2.75) is 6.92 Å². The molecule has 0 spiro atoms. The molecule has 1 N–H and O–H groups in total. The van der Waals surface area contributed by atoms with Crippen LogP contribution < -0.4 is 4.74 Å². The van der Waals surface area contributed by atoms with Crippen molar-refractivity contribution in [1.29, 1.82) is 0 Å². The monoisotopic (exact) mass is 296 g/mol. The topological polar surface area (TPSA) is 85.2 Å². The van der Waals surface area contributed by atoms with E-state index in [2.05, 4.69) is 4.98 Å². The maximum absolute atomic E-state index is 11.4. The van der Waals surface area contributed by atoms with Crippen molar-refractivity contribution in [3.8, 4) is 17.0 Å². The van der Waals surface area contributed by atoms with Crippen molar-refractivity contribution in [2.75, 3.05) is 0 Å². The quantitative estimate of drug-likeness (QED) is 0.454. The number of H-pyrrole nitrogens is 1. The number of nitro groups is 1. The number of carbonyl (C=O) groups is 1. The van der Waals surface area contributed by atoms with Crippen molar-refractivity contribution in [3.05, 3.63) is 58.6 Å². The molecule has 6 nitrogen and oxygen atoms in total. The first-order chi connectivity index (χ1) is 10.6. The lowest BCUT2D eigenvalue weighted by Crippen LogP contribution is -2.01. The van der Waals surface area contributed by atoms with Crippen molar-refractivity contribution in [1.82, 2.24) is 4.98 Å². The first-order valence-corrected chi connectivity index (χ1v) is 6.60. The smallest absolute Gasteiger partial charge is 0.308 e. The molecule has 0 aliphatic carbocycles. The Hall–Kier alpha value is -3.15. The van der Waals surface area contributed by atoms with E-state index in [4.69, 9.17) is 4.74 Å². The molecule has 0 aliphatic rings. The number of non-ortho nitro benzene ring substituents is 1. The van der Waals surface area contributed by atoms with E-state index in [0.29, 0.717) is 22.3 Å². The van der Waals surface area contributed by atoms with Gasteiger partial charge in [-0.25, -0.2) is 0 Å². The summed E-state index contributed by atoms with van der Waals surface area (Å²) in [6.07, 6.45) is 0. The van der Waals surface area contributed by atoms with Gasteiger partial charge in [0.15, 0.2) is 5.75 Å². The van der Waals surface area contributed by atoms with Crippen molar-refractivity contribution >= 4 is 22.6 Å². The third-order valence-corrected chi connectivity index (χ3v) is 3.25. The van der Waals surface area contributed by atoms with Gasteiger partial charge in [0.1, 0.15) is 0 Å². The maximum Gasteiger partial charge on any atom is 0.308 e. The van der Waals surface area contributed by atoms with Crippen LogP contribution in [0, 0.1) is 10.1 Å². The number of benzene rings is 2. The van der Waals surface area contributed by atoms with E-state index in [9.17, 15) is 14.9 Å². The molecule has 1 aromatic heterocycles. The van der Waals surface area contributed by atoms with Crippen molar-refractivity contribution in [2.24, 2.45) is 0 Å². The van der Waals surface area contributed by atoms with Gasteiger partial charge in [0, 0.05) is 30.0 Å². The Bertz CT molecular complexity index is 868. The number of hydrogen-bond acceptors (Lipinski definition) is 4. The van der Waals surface area contributed by atoms with Crippen molar-refractivity contribution < 1.29 is 14.5 Å². The molecule has 0 fully saturated rings. The number of nitrogens with zero attached hydrogens (tertiary/aromatic N) is 1. The molecule has 3 aromatic rings. The van der Waals surface area contributed by atoms with Gasteiger partial charge in [-0.1, -0.05) is 30.3 Å². The minimum atomic E-state index is -0.464. The lowest BCUT2D eigenvalue weighted by atomic mass is 10.1. The molecule has 0 aliphatic heterocycles. The summed E-state index contributed by atoms with van der Waals surface area (Å²) in [4.78, 5) is 24.9. The van der Waals surface area contributed by atoms with Gasteiger partial charge in [-0.05, 0) is 6.07 Å². The number of fused-ring (bicyclic) bond motifs is 1. The van der Waals surface area contributed by atoms with Crippen LogP contribution in [0.5, 0.6) is 5.75 Å². The van der Waals surface area contributed by atoms with E-state index in [1.54, 1.807) is 6.07 Å². The summed E-state index contributed by atoms with van der Waals surface area (Å²) in [6, 6.07) is 13.7. The average molecular weight is 296 g/mol. The van der Waals surface area contributed by atoms with Gasteiger partial charge in [0.05, 0.1) is 16.1 Å². The fourth-order valence-corrected chi connectivity index (χ4v) is 2.33. The summed E-state index contributed by atoms with van der Waals surface area (Å²) in [5.41, 5.74) is 1.97. The van der Waals surface area contributed by atoms with Crippen LogP contribution in [0.1, 0.15) is 6.92 Å². The molecule has 110 valence electrons. The molecule has 3 rings (SSSR count). The van der Waals surface area contributed by atoms with Gasteiger partial charge < -0.3 is 9.72 Å². The Morgan fingerprint density at radius 3 is 2.55 bits per heavy atom. The van der Waals surface area contributed by atoms with Gasteiger partial charge in [-0.2, -0.15) is 0 Å². The van der Waals surface area contributed by atoms with Crippen LogP contribution in [0.3, 0.4) is 0 Å². The molecular formula is C16H12N2O4. The maximum atomic E-state index is 11.4. The Morgan fingerprint density at radius 2 is 1.91 bits per heavy atom. The van der Waals surface area contributed by atoms with Crippen LogP contribution >= 0.6 is 0 Å². The van der Waals surface area contributed by atoms with Gasteiger partial charge >= 0.3 is 5.97 Å². The fraction of sp³-hybridized carbons (Fsp3) is 0.0625. The fourth-order valence-electron chi connectivity index (χ4n) is 2.33. The molecule has 0 unspecified atom stereocenters. The molecule has 22 heavy (non-hydrogen) atoms. The number of hydrogen-bond donors (Lipinski definition) is 1. The zero-order valence-electron chi connectivity index (χ0n) is 11.7. The Kier molecular flexibility index (Phi) is 3.34. The van der Waals surface area contributed by atoms with E-state index in [0.717, 1.165) is 5.56 Å². The third-order valence-electron chi connectivity index (χ3n) is 3.25. The van der Waals surface area contributed by atoms with Gasteiger partial charge in [-0.3, -0.25) is 14.9 Å². The first kappa shape index (κ1) is 13.8.